The van der Waals surface area contributed by atoms with E-state index in [0.29, 0.717) is 0 Å². The van der Waals surface area contributed by atoms with Crippen molar-refractivity contribution < 1.29 is 0 Å². The molecule has 0 aliphatic rings. The molecule has 2 rings (SSSR count). The summed E-state index contributed by atoms with van der Waals surface area (Å²) < 4.78 is 0. The van der Waals surface area contributed by atoms with Crippen LogP contribution in [0.15, 0.2) is 42.5 Å². The van der Waals surface area contributed by atoms with E-state index in [1.807, 2.05) is 0 Å². The van der Waals surface area contributed by atoms with Gasteiger partial charge in [0.2, 0.25) is 0 Å². The van der Waals surface area contributed by atoms with Crippen molar-refractivity contribution >= 4 is 0 Å². The largest absolute Gasteiger partial charge is 0.306 e. The van der Waals surface area contributed by atoms with Crippen molar-refractivity contribution in [3.05, 3.63) is 70.3 Å². The summed E-state index contributed by atoms with van der Waals surface area (Å²) >= 11 is 0. The zero-order valence-corrected chi connectivity index (χ0v) is 17.6. The normalized spacial score (nSPS) is 11.7. The average molecular weight is 367 g/mol. The van der Waals surface area contributed by atoms with Gasteiger partial charge in [0.05, 0.1) is 0 Å². The van der Waals surface area contributed by atoms with Crippen LogP contribution in [-0.4, -0.2) is 0 Å². The number of aryl methyl sites for hydroxylation is 3. The third kappa shape index (κ3) is 6.19. The molecule has 0 spiro atoms. The van der Waals surface area contributed by atoms with Gasteiger partial charge in [0, 0.05) is 0 Å². The van der Waals surface area contributed by atoms with E-state index in [-0.39, 0.29) is 0 Å². The van der Waals surface area contributed by atoms with Crippen molar-refractivity contribution in [3.63, 3.8) is 0 Å². The standard InChI is InChI=1S/C25H38N2/c1-4-7-11-20-14-10-15-23(17-20)25(26,27)24-18-21(12-8-5-2)16-22(19-24)13-9-6-3/h10,14-19H,4-9,11-13,26-27H2,1-3H3. The summed E-state index contributed by atoms with van der Waals surface area (Å²) in [5, 5.41) is 0. The van der Waals surface area contributed by atoms with Crippen molar-refractivity contribution in [2.75, 3.05) is 0 Å². The molecule has 0 aromatic heterocycles. The second-order valence-corrected chi connectivity index (χ2v) is 7.92. The van der Waals surface area contributed by atoms with Crippen LogP contribution in [0.5, 0.6) is 0 Å². The second-order valence-electron chi connectivity index (χ2n) is 7.92. The van der Waals surface area contributed by atoms with E-state index in [1.165, 1.54) is 55.2 Å². The van der Waals surface area contributed by atoms with Gasteiger partial charge in [-0.15, -0.1) is 0 Å². The van der Waals surface area contributed by atoms with Gasteiger partial charge in [-0.2, -0.15) is 0 Å². The molecule has 4 N–H and O–H groups in total. The predicted octanol–water partition coefficient (Wildman–Crippen LogP) is 5.83. The molecule has 0 aliphatic heterocycles. The summed E-state index contributed by atoms with van der Waals surface area (Å²) in [6, 6.07) is 15.3. The maximum Gasteiger partial charge on any atom is 0.116 e. The summed E-state index contributed by atoms with van der Waals surface area (Å²) in [4.78, 5) is 0. The molecule has 0 heterocycles. The lowest BCUT2D eigenvalue weighted by Gasteiger charge is -2.28. The summed E-state index contributed by atoms with van der Waals surface area (Å²) in [5.41, 5.74) is 18.6. The Balaban J connectivity index is 2.37. The number of hydrogen-bond donors (Lipinski definition) is 2. The fourth-order valence-electron chi connectivity index (χ4n) is 3.58. The quantitative estimate of drug-likeness (QED) is 0.491. The molecule has 0 saturated carbocycles. The molecule has 0 saturated heterocycles. The number of unbranched alkanes of at least 4 members (excludes halogenated alkanes) is 3. The lowest BCUT2D eigenvalue weighted by atomic mass is 9.87. The van der Waals surface area contributed by atoms with Gasteiger partial charge in [-0.3, -0.25) is 0 Å². The highest BCUT2D eigenvalue weighted by Crippen LogP contribution is 2.26. The van der Waals surface area contributed by atoms with Crippen LogP contribution in [0.1, 0.15) is 87.1 Å². The molecule has 2 nitrogen and oxygen atoms in total. The van der Waals surface area contributed by atoms with Gasteiger partial charge in [-0.25, -0.2) is 0 Å². The molecule has 0 bridgehead atoms. The maximum absolute atomic E-state index is 6.73. The average Bonchev–Trinajstić information content (AvgIpc) is 2.69. The van der Waals surface area contributed by atoms with Crippen LogP contribution < -0.4 is 11.5 Å². The fourth-order valence-corrected chi connectivity index (χ4v) is 3.58. The first kappa shape index (κ1) is 21.7. The zero-order valence-electron chi connectivity index (χ0n) is 17.6. The van der Waals surface area contributed by atoms with Crippen molar-refractivity contribution in [2.24, 2.45) is 11.5 Å². The van der Waals surface area contributed by atoms with Crippen LogP contribution in [0.4, 0.5) is 0 Å². The van der Waals surface area contributed by atoms with Gasteiger partial charge < -0.3 is 11.5 Å². The highest BCUT2D eigenvalue weighted by Gasteiger charge is 2.25. The Kier molecular flexibility index (Phi) is 8.53. The van der Waals surface area contributed by atoms with Crippen LogP contribution in [0.3, 0.4) is 0 Å². The molecule has 2 heteroatoms. The molecule has 148 valence electrons. The monoisotopic (exact) mass is 366 g/mol. The summed E-state index contributed by atoms with van der Waals surface area (Å²) in [6.07, 6.45) is 10.5. The predicted molar refractivity (Wildman–Crippen MR) is 118 cm³/mol. The van der Waals surface area contributed by atoms with E-state index in [1.54, 1.807) is 0 Å². The molecule has 0 atom stereocenters. The minimum atomic E-state index is -0.953. The molecular formula is C25H38N2. The Morgan fingerprint density at radius 2 is 1.11 bits per heavy atom. The zero-order chi connectivity index (χ0) is 19.7. The molecule has 2 aromatic rings. The van der Waals surface area contributed by atoms with Crippen molar-refractivity contribution in [1.29, 1.82) is 0 Å². The first-order valence-corrected chi connectivity index (χ1v) is 10.8. The van der Waals surface area contributed by atoms with Crippen molar-refractivity contribution in [2.45, 2.75) is 84.2 Å². The molecule has 27 heavy (non-hydrogen) atoms. The van der Waals surface area contributed by atoms with E-state index in [9.17, 15) is 0 Å². The number of hydrogen-bond acceptors (Lipinski definition) is 2. The molecular weight excluding hydrogens is 328 g/mol. The van der Waals surface area contributed by atoms with Gasteiger partial charge in [0.1, 0.15) is 5.66 Å². The van der Waals surface area contributed by atoms with E-state index in [0.717, 1.165) is 30.4 Å². The Hall–Kier alpha value is -1.64. The lowest BCUT2D eigenvalue weighted by Crippen LogP contribution is -2.47. The van der Waals surface area contributed by atoms with E-state index in [2.05, 4.69) is 63.2 Å². The highest BCUT2D eigenvalue weighted by atomic mass is 15.0. The Bertz CT molecular complexity index is 677. The van der Waals surface area contributed by atoms with Crippen LogP contribution in [0.2, 0.25) is 0 Å². The summed E-state index contributed by atoms with van der Waals surface area (Å²) in [6.45, 7) is 6.69. The number of nitrogens with two attached hydrogens (primary N) is 2. The van der Waals surface area contributed by atoms with E-state index in [4.69, 9.17) is 11.5 Å². The van der Waals surface area contributed by atoms with Gasteiger partial charge >= 0.3 is 0 Å². The molecule has 0 radical (unpaired) electrons. The fraction of sp³-hybridized carbons (Fsp3) is 0.520. The number of rotatable bonds is 11. The Morgan fingerprint density at radius 1 is 0.630 bits per heavy atom. The lowest BCUT2D eigenvalue weighted by molar-refractivity contribution is 0.564. The molecule has 2 aromatic carbocycles. The van der Waals surface area contributed by atoms with Crippen LogP contribution in [0, 0.1) is 0 Å². The minimum absolute atomic E-state index is 0.953. The van der Waals surface area contributed by atoms with Gasteiger partial charge in [0.15, 0.2) is 0 Å². The van der Waals surface area contributed by atoms with Gasteiger partial charge in [-0.05, 0) is 66.3 Å². The number of benzene rings is 2. The van der Waals surface area contributed by atoms with Gasteiger partial charge in [0.25, 0.3) is 0 Å². The van der Waals surface area contributed by atoms with Gasteiger partial charge in [-0.1, -0.05) is 82.5 Å². The first-order valence-electron chi connectivity index (χ1n) is 10.8. The summed E-state index contributed by atoms with van der Waals surface area (Å²) in [7, 11) is 0. The maximum atomic E-state index is 6.73. The molecule has 0 amide bonds. The van der Waals surface area contributed by atoms with Crippen LogP contribution >= 0.6 is 0 Å². The van der Waals surface area contributed by atoms with Crippen molar-refractivity contribution in [1.82, 2.24) is 0 Å². The van der Waals surface area contributed by atoms with Crippen molar-refractivity contribution in [3.8, 4) is 0 Å². The molecule has 0 fully saturated rings. The Morgan fingerprint density at radius 3 is 1.63 bits per heavy atom. The van der Waals surface area contributed by atoms with E-state index >= 15 is 0 Å². The first-order chi connectivity index (χ1) is 13.0. The van der Waals surface area contributed by atoms with Crippen LogP contribution in [0.25, 0.3) is 0 Å². The second kappa shape index (κ2) is 10.6. The summed E-state index contributed by atoms with van der Waals surface area (Å²) in [5.74, 6) is 0. The molecule has 0 unspecified atom stereocenters. The Labute approximate surface area is 166 Å². The van der Waals surface area contributed by atoms with E-state index < -0.39 is 5.66 Å². The molecule has 0 aliphatic carbocycles. The third-order valence-corrected chi connectivity index (χ3v) is 5.39. The topological polar surface area (TPSA) is 52.0 Å². The SMILES string of the molecule is CCCCc1cccc(C(N)(N)c2cc(CCCC)cc(CCCC)c2)c1. The smallest absolute Gasteiger partial charge is 0.116 e. The third-order valence-electron chi connectivity index (χ3n) is 5.39. The highest BCUT2D eigenvalue weighted by molar-refractivity contribution is 5.42. The minimum Gasteiger partial charge on any atom is -0.306 e. The van der Waals surface area contributed by atoms with Crippen LogP contribution in [-0.2, 0) is 24.9 Å².